The molecule has 31 heavy (non-hydrogen) atoms. The Balaban J connectivity index is 1.35. The van der Waals surface area contributed by atoms with Gasteiger partial charge in [0.2, 0.25) is 11.8 Å². The van der Waals surface area contributed by atoms with Gasteiger partial charge in [0.25, 0.3) is 0 Å². The van der Waals surface area contributed by atoms with Gasteiger partial charge in [-0.3, -0.25) is 9.59 Å². The Labute approximate surface area is 186 Å². The van der Waals surface area contributed by atoms with Crippen molar-refractivity contribution in [2.24, 2.45) is 5.92 Å². The third kappa shape index (κ3) is 5.25. The number of amides is 2. The van der Waals surface area contributed by atoms with Crippen LogP contribution in [0.15, 0.2) is 79.1 Å². The molecule has 6 heteroatoms. The number of rotatable bonds is 5. The minimum absolute atomic E-state index is 0.0182. The van der Waals surface area contributed by atoms with Gasteiger partial charge in [-0.05, 0) is 54.8 Å². The second kappa shape index (κ2) is 9.67. The maximum atomic E-state index is 12.9. The summed E-state index contributed by atoms with van der Waals surface area (Å²) in [4.78, 5) is 27.2. The van der Waals surface area contributed by atoms with Crippen LogP contribution in [-0.2, 0) is 9.59 Å². The summed E-state index contributed by atoms with van der Waals surface area (Å²) in [6.45, 7) is 1.14. The van der Waals surface area contributed by atoms with Gasteiger partial charge in [-0.2, -0.15) is 0 Å². The maximum absolute atomic E-state index is 12.9. The fourth-order valence-electron chi connectivity index (χ4n) is 3.75. The highest BCUT2D eigenvalue weighted by molar-refractivity contribution is 6.31. The summed E-state index contributed by atoms with van der Waals surface area (Å²) < 4.78 is 1.92. The molecule has 1 aliphatic heterocycles. The Hall–Kier alpha value is -3.31. The molecule has 1 fully saturated rings. The van der Waals surface area contributed by atoms with Crippen LogP contribution in [0.4, 0.5) is 5.69 Å². The number of benzene rings is 2. The normalized spacial score (nSPS) is 14.7. The monoisotopic (exact) mass is 433 g/mol. The molecule has 4 rings (SSSR count). The minimum Gasteiger partial charge on any atom is -0.339 e. The third-order valence-corrected chi connectivity index (χ3v) is 5.73. The van der Waals surface area contributed by atoms with Crippen LogP contribution >= 0.6 is 11.6 Å². The lowest BCUT2D eigenvalue weighted by atomic mass is 9.95. The lowest BCUT2D eigenvalue weighted by Crippen LogP contribution is -2.40. The van der Waals surface area contributed by atoms with Crippen molar-refractivity contribution in [2.45, 2.75) is 12.8 Å². The Morgan fingerprint density at radius 3 is 2.39 bits per heavy atom. The number of likely N-dealkylation sites (tertiary alicyclic amines) is 1. The van der Waals surface area contributed by atoms with E-state index in [1.54, 1.807) is 17.0 Å². The molecule has 5 nitrogen and oxygen atoms in total. The van der Waals surface area contributed by atoms with Gasteiger partial charge in [0.05, 0.1) is 11.4 Å². The smallest absolute Gasteiger partial charge is 0.246 e. The van der Waals surface area contributed by atoms with Crippen LogP contribution in [0.1, 0.15) is 18.4 Å². The number of halogens is 1. The standard InChI is InChI=1S/C25H24ClN3O2/c26-21-9-10-22(23(18-21)28-14-4-5-15-28)27-25(31)20-12-16-29(17-13-20)24(30)11-8-19-6-2-1-3-7-19/h1-11,14-15,18,20H,12-13,16-17H2,(H,27,31)/b11-8+. The van der Waals surface area contributed by atoms with E-state index < -0.39 is 0 Å². The fraction of sp³-hybridized carbons (Fsp3) is 0.200. The van der Waals surface area contributed by atoms with Crippen LogP contribution in [-0.4, -0.2) is 34.4 Å². The molecule has 1 saturated heterocycles. The molecule has 0 unspecified atom stereocenters. The Bertz CT molecular complexity index is 1070. The molecule has 0 bridgehead atoms. The zero-order valence-electron chi connectivity index (χ0n) is 17.1. The molecule has 3 aromatic rings. The van der Waals surface area contributed by atoms with Crippen molar-refractivity contribution in [1.82, 2.24) is 9.47 Å². The van der Waals surface area contributed by atoms with Gasteiger partial charge in [0, 0.05) is 42.5 Å². The predicted octanol–water partition coefficient (Wildman–Crippen LogP) is 5.02. The van der Waals surface area contributed by atoms with Gasteiger partial charge >= 0.3 is 0 Å². The number of hydrogen-bond donors (Lipinski definition) is 1. The average Bonchev–Trinajstić information content (AvgIpc) is 3.34. The summed E-state index contributed by atoms with van der Waals surface area (Å²) in [5.74, 6) is -0.173. The van der Waals surface area contributed by atoms with Crippen LogP contribution in [0, 0.1) is 5.92 Å². The lowest BCUT2D eigenvalue weighted by molar-refractivity contribution is -0.130. The second-order valence-electron chi connectivity index (χ2n) is 7.58. The highest BCUT2D eigenvalue weighted by Crippen LogP contribution is 2.27. The number of nitrogens with zero attached hydrogens (tertiary/aromatic N) is 2. The topological polar surface area (TPSA) is 54.3 Å². The largest absolute Gasteiger partial charge is 0.339 e. The van der Waals surface area contributed by atoms with Gasteiger partial charge in [0.1, 0.15) is 0 Å². The number of piperidine rings is 1. The lowest BCUT2D eigenvalue weighted by Gasteiger charge is -2.30. The Morgan fingerprint density at radius 1 is 0.968 bits per heavy atom. The number of carbonyl (C=O) groups is 2. The molecule has 1 aliphatic rings. The van der Waals surface area contributed by atoms with Crippen LogP contribution in [0.25, 0.3) is 11.8 Å². The van der Waals surface area contributed by atoms with E-state index in [9.17, 15) is 9.59 Å². The van der Waals surface area contributed by atoms with Crippen molar-refractivity contribution in [1.29, 1.82) is 0 Å². The van der Waals surface area contributed by atoms with E-state index in [1.807, 2.05) is 77.6 Å². The first-order valence-corrected chi connectivity index (χ1v) is 10.7. The number of aromatic nitrogens is 1. The van der Waals surface area contributed by atoms with Gasteiger partial charge in [-0.1, -0.05) is 41.9 Å². The van der Waals surface area contributed by atoms with E-state index in [2.05, 4.69) is 5.32 Å². The predicted molar refractivity (Wildman–Crippen MR) is 124 cm³/mol. The van der Waals surface area contributed by atoms with Gasteiger partial charge in [0.15, 0.2) is 0 Å². The van der Waals surface area contributed by atoms with E-state index in [4.69, 9.17) is 11.6 Å². The summed E-state index contributed by atoms with van der Waals surface area (Å²) in [7, 11) is 0. The van der Waals surface area contributed by atoms with Crippen molar-refractivity contribution in [3.63, 3.8) is 0 Å². The molecule has 2 aromatic carbocycles. The molecule has 158 valence electrons. The van der Waals surface area contributed by atoms with Crippen molar-refractivity contribution >= 4 is 35.2 Å². The van der Waals surface area contributed by atoms with Gasteiger partial charge in [-0.15, -0.1) is 0 Å². The van der Waals surface area contributed by atoms with Crippen molar-refractivity contribution < 1.29 is 9.59 Å². The molecule has 0 spiro atoms. The molecule has 0 saturated carbocycles. The Morgan fingerprint density at radius 2 is 1.68 bits per heavy atom. The SMILES string of the molecule is O=C(Nc1ccc(Cl)cc1-n1cccc1)C1CCN(C(=O)/C=C/c2ccccc2)CC1. The van der Waals surface area contributed by atoms with Crippen LogP contribution < -0.4 is 5.32 Å². The highest BCUT2D eigenvalue weighted by atomic mass is 35.5. The zero-order chi connectivity index (χ0) is 21.6. The van der Waals surface area contributed by atoms with Gasteiger partial charge in [-0.25, -0.2) is 0 Å². The molecule has 1 N–H and O–H groups in total. The second-order valence-corrected chi connectivity index (χ2v) is 8.02. The van der Waals surface area contributed by atoms with Crippen LogP contribution in [0.3, 0.4) is 0 Å². The van der Waals surface area contributed by atoms with Crippen molar-refractivity contribution in [3.05, 3.63) is 89.7 Å². The van der Waals surface area contributed by atoms with Crippen LogP contribution in [0.2, 0.25) is 5.02 Å². The van der Waals surface area contributed by atoms with Crippen molar-refractivity contribution in [2.75, 3.05) is 18.4 Å². The number of anilines is 1. The molecule has 0 radical (unpaired) electrons. The fourth-order valence-corrected chi connectivity index (χ4v) is 3.92. The Kier molecular flexibility index (Phi) is 6.53. The highest BCUT2D eigenvalue weighted by Gasteiger charge is 2.27. The molecule has 2 amide bonds. The quantitative estimate of drug-likeness (QED) is 0.574. The van der Waals surface area contributed by atoms with E-state index in [1.165, 1.54) is 0 Å². The first-order chi connectivity index (χ1) is 15.1. The zero-order valence-corrected chi connectivity index (χ0v) is 17.8. The van der Waals surface area contributed by atoms with Crippen LogP contribution in [0.5, 0.6) is 0 Å². The molecule has 2 heterocycles. The minimum atomic E-state index is -0.129. The summed E-state index contributed by atoms with van der Waals surface area (Å²) in [6, 6.07) is 19.0. The summed E-state index contributed by atoms with van der Waals surface area (Å²) in [5.41, 5.74) is 2.53. The molecular formula is C25H24ClN3O2. The van der Waals surface area contributed by atoms with Crippen molar-refractivity contribution in [3.8, 4) is 5.69 Å². The molecule has 0 atom stereocenters. The summed E-state index contributed by atoms with van der Waals surface area (Å²) in [5, 5.41) is 3.66. The summed E-state index contributed by atoms with van der Waals surface area (Å²) in [6.07, 6.45) is 8.53. The van der Waals surface area contributed by atoms with Gasteiger partial charge < -0.3 is 14.8 Å². The first-order valence-electron chi connectivity index (χ1n) is 10.4. The molecule has 1 aromatic heterocycles. The van der Waals surface area contributed by atoms with E-state index in [-0.39, 0.29) is 17.7 Å². The number of nitrogens with one attached hydrogen (secondary N) is 1. The van der Waals surface area contributed by atoms with E-state index >= 15 is 0 Å². The average molecular weight is 434 g/mol. The number of carbonyl (C=O) groups excluding carboxylic acids is 2. The summed E-state index contributed by atoms with van der Waals surface area (Å²) >= 11 is 6.16. The molecule has 0 aliphatic carbocycles. The maximum Gasteiger partial charge on any atom is 0.246 e. The van der Waals surface area contributed by atoms with E-state index in [0.717, 1.165) is 16.9 Å². The van der Waals surface area contributed by atoms with E-state index in [0.29, 0.717) is 31.0 Å². The first kappa shape index (κ1) is 20.9. The third-order valence-electron chi connectivity index (χ3n) is 5.50. The molecular weight excluding hydrogens is 410 g/mol. The number of hydrogen-bond acceptors (Lipinski definition) is 2.